The highest BCUT2D eigenvalue weighted by atomic mass is 16.2. The van der Waals surface area contributed by atoms with Crippen LogP contribution in [-0.4, -0.2) is 11.8 Å². The highest BCUT2D eigenvalue weighted by molar-refractivity contribution is 6.39. The number of carbonyl (C=O) groups excluding carboxylic acids is 2. The van der Waals surface area contributed by atoms with Crippen LogP contribution in [0.1, 0.15) is 43.6 Å². The number of amides is 2. The van der Waals surface area contributed by atoms with E-state index in [0.29, 0.717) is 11.6 Å². The molecule has 19 heavy (non-hydrogen) atoms. The zero-order valence-corrected chi connectivity index (χ0v) is 10.8. The van der Waals surface area contributed by atoms with Crippen molar-refractivity contribution in [1.29, 1.82) is 0 Å². The van der Waals surface area contributed by atoms with Crippen LogP contribution >= 0.6 is 0 Å². The van der Waals surface area contributed by atoms with Crippen LogP contribution in [0.4, 0.5) is 5.69 Å². The predicted molar refractivity (Wildman–Crippen MR) is 73.2 cm³/mol. The van der Waals surface area contributed by atoms with Crippen LogP contribution in [0.5, 0.6) is 0 Å². The van der Waals surface area contributed by atoms with Gasteiger partial charge in [0.15, 0.2) is 0 Å². The molecule has 0 unspecified atom stereocenters. The lowest BCUT2D eigenvalue weighted by atomic mass is 9.84. The lowest BCUT2D eigenvalue weighted by molar-refractivity contribution is -0.136. The van der Waals surface area contributed by atoms with E-state index in [9.17, 15) is 9.59 Å². The summed E-state index contributed by atoms with van der Waals surface area (Å²) in [7, 11) is 0. The monoisotopic (exact) mass is 261 g/mol. The molecule has 1 fully saturated rings. The molecule has 102 valence electrons. The first kappa shape index (κ1) is 13.5. The summed E-state index contributed by atoms with van der Waals surface area (Å²) >= 11 is 0. The molecule has 1 saturated carbocycles. The van der Waals surface area contributed by atoms with E-state index in [0.717, 1.165) is 0 Å². The topological polar surface area (TPSA) is 84.2 Å². The Morgan fingerprint density at radius 3 is 2.21 bits per heavy atom. The number of nitrogens with one attached hydrogen (secondary N) is 2. The molecule has 1 aromatic rings. The number of nitrogens with two attached hydrogens (primary N) is 1. The number of anilines is 1. The van der Waals surface area contributed by atoms with E-state index in [4.69, 9.17) is 5.84 Å². The average Bonchev–Trinajstić information content (AvgIpc) is 2.48. The molecule has 5 nitrogen and oxygen atoms in total. The average molecular weight is 261 g/mol. The number of benzene rings is 1. The highest BCUT2D eigenvalue weighted by Gasteiger charge is 2.16. The van der Waals surface area contributed by atoms with Gasteiger partial charge in [-0.3, -0.25) is 15.0 Å². The van der Waals surface area contributed by atoms with Crippen molar-refractivity contribution < 1.29 is 9.59 Å². The van der Waals surface area contributed by atoms with Crippen LogP contribution in [0.3, 0.4) is 0 Å². The second-order valence-corrected chi connectivity index (χ2v) is 4.88. The number of hydrazine groups is 1. The summed E-state index contributed by atoms with van der Waals surface area (Å²) in [6.07, 6.45) is 6.39. The number of hydrogen-bond donors (Lipinski definition) is 3. The second kappa shape index (κ2) is 6.33. The maximum absolute atomic E-state index is 11.3. The fourth-order valence-corrected chi connectivity index (χ4v) is 2.53. The van der Waals surface area contributed by atoms with Gasteiger partial charge in [0.05, 0.1) is 0 Å². The Bertz CT molecular complexity index is 450. The van der Waals surface area contributed by atoms with E-state index in [2.05, 4.69) is 5.32 Å². The molecule has 0 saturated heterocycles. The van der Waals surface area contributed by atoms with Crippen molar-refractivity contribution in [2.75, 3.05) is 5.32 Å². The molecule has 0 heterocycles. The number of carbonyl (C=O) groups is 2. The van der Waals surface area contributed by atoms with Crippen molar-refractivity contribution >= 4 is 17.5 Å². The molecule has 1 aliphatic rings. The van der Waals surface area contributed by atoms with Gasteiger partial charge in [0.25, 0.3) is 0 Å². The summed E-state index contributed by atoms with van der Waals surface area (Å²) in [5.74, 6) is 3.91. The largest absolute Gasteiger partial charge is 0.323 e. The van der Waals surface area contributed by atoms with Crippen molar-refractivity contribution in [1.82, 2.24) is 5.43 Å². The number of hydrogen-bond acceptors (Lipinski definition) is 3. The minimum Gasteiger partial charge on any atom is -0.318 e. The van der Waals surface area contributed by atoms with Crippen molar-refractivity contribution in [2.45, 2.75) is 38.0 Å². The molecule has 0 radical (unpaired) electrons. The van der Waals surface area contributed by atoms with Gasteiger partial charge >= 0.3 is 11.8 Å². The molecular weight excluding hydrogens is 242 g/mol. The minimum atomic E-state index is -0.851. The third-order valence-electron chi connectivity index (χ3n) is 3.58. The van der Waals surface area contributed by atoms with Gasteiger partial charge in [0.2, 0.25) is 0 Å². The van der Waals surface area contributed by atoms with Gasteiger partial charge in [-0.15, -0.1) is 0 Å². The molecule has 0 atom stereocenters. The van der Waals surface area contributed by atoms with Crippen LogP contribution in [0.15, 0.2) is 24.3 Å². The Hall–Kier alpha value is -1.88. The molecule has 0 aromatic heterocycles. The molecule has 1 aromatic carbocycles. The molecule has 5 heteroatoms. The van der Waals surface area contributed by atoms with E-state index in [-0.39, 0.29) is 0 Å². The summed E-state index contributed by atoms with van der Waals surface area (Å²) in [6, 6.07) is 7.69. The van der Waals surface area contributed by atoms with E-state index >= 15 is 0 Å². The quantitative estimate of drug-likeness (QED) is 0.327. The van der Waals surface area contributed by atoms with E-state index in [1.807, 2.05) is 24.3 Å². The maximum Gasteiger partial charge on any atom is 0.323 e. The predicted octanol–water partition coefficient (Wildman–Crippen LogP) is 1.66. The molecule has 0 aliphatic heterocycles. The first-order chi connectivity index (χ1) is 9.20. The minimum absolute atomic E-state index is 0.605. The van der Waals surface area contributed by atoms with Crippen LogP contribution in [-0.2, 0) is 9.59 Å². The van der Waals surface area contributed by atoms with E-state index < -0.39 is 11.8 Å². The van der Waals surface area contributed by atoms with Gasteiger partial charge in [-0.2, -0.15) is 0 Å². The normalized spacial score (nSPS) is 15.8. The SMILES string of the molecule is NNC(=O)C(=O)Nc1ccc(C2CCCCC2)cc1. The fourth-order valence-electron chi connectivity index (χ4n) is 2.53. The van der Waals surface area contributed by atoms with Gasteiger partial charge in [-0.25, -0.2) is 5.84 Å². The lowest BCUT2D eigenvalue weighted by Crippen LogP contribution is -2.39. The van der Waals surface area contributed by atoms with Gasteiger partial charge in [-0.1, -0.05) is 31.4 Å². The molecule has 2 amide bonds. The zero-order chi connectivity index (χ0) is 13.7. The number of rotatable bonds is 2. The highest BCUT2D eigenvalue weighted by Crippen LogP contribution is 2.32. The van der Waals surface area contributed by atoms with Gasteiger partial charge < -0.3 is 5.32 Å². The molecular formula is C14H19N3O2. The lowest BCUT2D eigenvalue weighted by Gasteiger charge is -2.22. The molecule has 0 spiro atoms. The Kier molecular flexibility index (Phi) is 4.52. The van der Waals surface area contributed by atoms with E-state index in [1.54, 1.807) is 5.43 Å². The van der Waals surface area contributed by atoms with Crippen molar-refractivity contribution in [2.24, 2.45) is 5.84 Å². The Balaban J connectivity index is 1.98. The summed E-state index contributed by atoms with van der Waals surface area (Å²) in [4.78, 5) is 22.3. The van der Waals surface area contributed by atoms with Crippen molar-refractivity contribution in [3.63, 3.8) is 0 Å². The first-order valence-electron chi connectivity index (χ1n) is 6.62. The van der Waals surface area contributed by atoms with Crippen LogP contribution < -0.4 is 16.6 Å². The fraction of sp³-hybridized carbons (Fsp3) is 0.429. The summed E-state index contributed by atoms with van der Waals surface area (Å²) < 4.78 is 0. The Labute approximate surface area is 112 Å². The van der Waals surface area contributed by atoms with Gasteiger partial charge in [-0.05, 0) is 36.5 Å². The van der Waals surface area contributed by atoms with E-state index in [1.165, 1.54) is 37.7 Å². The van der Waals surface area contributed by atoms with Crippen LogP contribution in [0.2, 0.25) is 0 Å². The third kappa shape index (κ3) is 3.54. The Morgan fingerprint density at radius 2 is 1.63 bits per heavy atom. The maximum atomic E-state index is 11.3. The van der Waals surface area contributed by atoms with Crippen molar-refractivity contribution in [3.05, 3.63) is 29.8 Å². The second-order valence-electron chi connectivity index (χ2n) is 4.88. The Morgan fingerprint density at radius 1 is 1.00 bits per heavy atom. The molecule has 0 bridgehead atoms. The molecule has 2 rings (SSSR count). The van der Waals surface area contributed by atoms with Crippen LogP contribution in [0, 0.1) is 0 Å². The van der Waals surface area contributed by atoms with Crippen LogP contribution in [0.25, 0.3) is 0 Å². The molecule has 4 N–H and O–H groups in total. The van der Waals surface area contributed by atoms with Crippen molar-refractivity contribution in [3.8, 4) is 0 Å². The standard InChI is InChI=1S/C14H19N3O2/c15-17-14(19)13(18)16-12-8-6-11(7-9-12)10-4-2-1-3-5-10/h6-10H,1-5,15H2,(H,16,18)(H,17,19). The van der Waals surface area contributed by atoms with Gasteiger partial charge in [0, 0.05) is 5.69 Å². The summed E-state index contributed by atoms with van der Waals surface area (Å²) in [5, 5.41) is 2.49. The molecule has 1 aliphatic carbocycles. The summed E-state index contributed by atoms with van der Waals surface area (Å²) in [6.45, 7) is 0. The first-order valence-corrected chi connectivity index (χ1v) is 6.62. The van der Waals surface area contributed by atoms with Gasteiger partial charge in [0.1, 0.15) is 0 Å². The zero-order valence-electron chi connectivity index (χ0n) is 10.8. The smallest absolute Gasteiger partial charge is 0.318 e. The summed E-state index contributed by atoms with van der Waals surface area (Å²) in [5.41, 5.74) is 3.71. The third-order valence-corrected chi connectivity index (χ3v) is 3.58.